The normalized spacial score (nSPS) is 19.4. The molecule has 0 amide bonds. The minimum atomic E-state index is -0.710. The summed E-state index contributed by atoms with van der Waals surface area (Å²) in [5.74, 6) is -0.216. The van der Waals surface area contributed by atoms with Crippen molar-refractivity contribution in [3.8, 4) is 0 Å². The number of aliphatic hydroxyl groups excluding tert-OH is 1. The van der Waals surface area contributed by atoms with Crippen LogP contribution in [0.3, 0.4) is 0 Å². The van der Waals surface area contributed by atoms with Gasteiger partial charge in [-0.15, -0.1) is 0 Å². The maximum absolute atomic E-state index is 13.2. The summed E-state index contributed by atoms with van der Waals surface area (Å²) >= 11 is 1.32. The molecule has 4 nitrogen and oxygen atoms in total. The Morgan fingerprint density at radius 1 is 1.15 bits per heavy atom. The predicted molar refractivity (Wildman–Crippen MR) is 136 cm³/mol. The fourth-order valence-electron chi connectivity index (χ4n) is 4.46. The largest absolute Gasteiger partial charge is 0.511 e. The third kappa shape index (κ3) is 4.84. The van der Waals surface area contributed by atoms with Gasteiger partial charge in [-0.1, -0.05) is 76.7 Å². The molecule has 174 valence electrons. The number of esters is 1. The summed E-state index contributed by atoms with van der Waals surface area (Å²) in [6.07, 6.45) is 3.72. The van der Waals surface area contributed by atoms with E-state index in [1.54, 1.807) is 0 Å². The number of hydrogen-bond donors (Lipinski definition) is 2. The molecule has 1 aliphatic heterocycles. The van der Waals surface area contributed by atoms with Crippen LogP contribution in [0.5, 0.6) is 0 Å². The summed E-state index contributed by atoms with van der Waals surface area (Å²) < 4.78 is 6.13. The van der Waals surface area contributed by atoms with E-state index in [2.05, 4.69) is 63.9 Å². The third-order valence-corrected chi connectivity index (χ3v) is 7.78. The zero-order valence-corrected chi connectivity index (χ0v) is 20.9. The molecule has 2 N–H and O–H groups in total. The van der Waals surface area contributed by atoms with Crippen molar-refractivity contribution in [2.45, 2.75) is 69.8 Å². The summed E-state index contributed by atoms with van der Waals surface area (Å²) in [6, 6.07) is 16.5. The van der Waals surface area contributed by atoms with Crippen LogP contribution in [-0.4, -0.2) is 21.7 Å². The Balaban J connectivity index is 1.65. The van der Waals surface area contributed by atoms with Gasteiger partial charge >= 0.3 is 5.97 Å². The van der Waals surface area contributed by atoms with Crippen LogP contribution < -0.4 is 0 Å². The van der Waals surface area contributed by atoms with Gasteiger partial charge in [0.2, 0.25) is 0 Å². The Bertz CT molecular complexity index is 1190. The van der Waals surface area contributed by atoms with Crippen LogP contribution in [0.4, 0.5) is 0 Å². The molecule has 0 aliphatic carbocycles. The van der Waals surface area contributed by atoms with Crippen LogP contribution >= 0.6 is 11.8 Å². The standard InChI is InChI=1S/C28H33NO3S/c1-18(2)28(13-11-19-9-7-6-8-10-19)17-23(30)25(26(31)32-28)33-24-15-20-12-14-29-22(20)16-21(24)27(3,4)5/h6-10,12,14-16,18,29-30H,11,13,17H2,1-5H3/t28-/m0/s1. The maximum atomic E-state index is 13.2. The number of H-pyrrole nitrogens is 1. The number of nitrogens with one attached hydrogen (secondary N) is 1. The predicted octanol–water partition coefficient (Wildman–Crippen LogP) is 7.30. The molecule has 0 spiro atoms. The molecule has 1 aromatic heterocycles. The summed E-state index contributed by atoms with van der Waals surface area (Å²) in [5, 5.41) is 12.2. The molecule has 0 fully saturated rings. The number of rotatable bonds is 6. The number of carbonyl (C=O) groups is 1. The molecule has 1 atom stereocenters. The first kappa shape index (κ1) is 23.5. The number of fused-ring (bicyclic) bond motifs is 1. The molecule has 1 aliphatic rings. The van der Waals surface area contributed by atoms with Crippen molar-refractivity contribution in [1.82, 2.24) is 4.98 Å². The topological polar surface area (TPSA) is 62.3 Å². The van der Waals surface area contributed by atoms with Crippen molar-refractivity contribution in [2.75, 3.05) is 0 Å². The Kier molecular flexibility index (Phi) is 6.37. The van der Waals surface area contributed by atoms with Gasteiger partial charge in [0.1, 0.15) is 16.3 Å². The van der Waals surface area contributed by atoms with Crippen molar-refractivity contribution >= 4 is 28.6 Å². The number of aromatic nitrogens is 1. The van der Waals surface area contributed by atoms with E-state index in [9.17, 15) is 9.90 Å². The van der Waals surface area contributed by atoms with Crippen LogP contribution in [0.1, 0.15) is 58.6 Å². The van der Waals surface area contributed by atoms with Gasteiger partial charge < -0.3 is 14.8 Å². The van der Waals surface area contributed by atoms with Crippen LogP contribution in [-0.2, 0) is 21.4 Å². The SMILES string of the molecule is CC(C)[C@]1(CCc2ccccc2)CC(O)=C(Sc2cc3cc[nH]c3cc2C(C)(C)C)C(=O)O1. The number of benzene rings is 2. The highest BCUT2D eigenvalue weighted by Crippen LogP contribution is 2.45. The molecule has 0 radical (unpaired) electrons. The quantitative estimate of drug-likeness (QED) is 0.376. The Hall–Kier alpha value is -2.66. The van der Waals surface area contributed by atoms with Gasteiger partial charge in [-0.25, -0.2) is 4.79 Å². The van der Waals surface area contributed by atoms with E-state index in [1.165, 1.54) is 17.3 Å². The van der Waals surface area contributed by atoms with Gasteiger partial charge in [0.05, 0.1) is 0 Å². The number of cyclic esters (lactones) is 1. The molecule has 2 aromatic carbocycles. The maximum Gasteiger partial charge on any atom is 0.349 e. The van der Waals surface area contributed by atoms with Gasteiger partial charge in [0.15, 0.2) is 0 Å². The van der Waals surface area contributed by atoms with Crippen LogP contribution in [0.25, 0.3) is 10.9 Å². The molecule has 5 heteroatoms. The van der Waals surface area contributed by atoms with E-state index in [0.29, 0.717) is 17.7 Å². The summed E-state index contributed by atoms with van der Waals surface area (Å²) in [4.78, 5) is 17.8. The number of carbonyl (C=O) groups excluding carboxylic acids is 1. The highest BCUT2D eigenvalue weighted by molar-refractivity contribution is 8.04. The van der Waals surface area contributed by atoms with E-state index < -0.39 is 11.6 Å². The van der Waals surface area contributed by atoms with Gasteiger partial charge in [0, 0.05) is 28.4 Å². The monoisotopic (exact) mass is 463 g/mol. The van der Waals surface area contributed by atoms with Gasteiger partial charge in [0.25, 0.3) is 0 Å². The fraction of sp³-hybridized carbons (Fsp3) is 0.393. The molecule has 3 aromatic rings. The number of aliphatic hydroxyl groups is 1. The number of aromatic amines is 1. The minimum absolute atomic E-state index is 0.0835. The Morgan fingerprint density at radius 3 is 2.52 bits per heavy atom. The zero-order valence-electron chi connectivity index (χ0n) is 20.1. The van der Waals surface area contributed by atoms with Crippen molar-refractivity contribution in [2.24, 2.45) is 5.92 Å². The highest BCUT2D eigenvalue weighted by Gasteiger charge is 2.44. The van der Waals surface area contributed by atoms with Crippen molar-refractivity contribution in [3.63, 3.8) is 0 Å². The van der Waals surface area contributed by atoms with Crippen molar-refractivity contribution in [1.29, 1.82) is 0 Å². The molecule has 0 bridgehead atoms. The van der Waals surface area contributed by atoms with Gasteiger partial charge in [-0.3, -0.25) is 0 Å². The third-order valence-electron chi connectivity index (χ3n) is 6.62. The lowest BCUT2D eigenvalue weighted by molar-refractivity contribution is -0.164. The number of hydrogen-bond acceptors (Lipinski definition) is 4. The first-order valence-electron chi connectivity index (χ1n) is 11.6. The van der Waals surface area contributed by atoms with Crippen LogP contribution in [0, 0.1) is 5.92 Å². The lowest BCUT2D eigenvalue weighted by atomic mass is 9.80. The molecule has 0 saturated carbocycles. The highest BCUT2D eigenvalue weighted by atomic mass is 32.2. The summed E-state index contributed by atoms with van der Waals surface area (Å²) in [5.41, 5.74) is 2.56. The van der Waals surface area contributed by atoms with E-state index in [0.717, 1.165) is 27.8 Å². The zero-order chi connectivity index (χ0) is 23.8. The van der Waals surface area contributed by atoms with Gasteiger partial charge in [-0.2, -0.15) is 0 Å². The molecule has 0 saturated heterocycles. The second-order valence-electron chi connectivity index (χ2n) is 10.3. The Morgan fingerprint density at radius 2 is 1.88 bits per heavy atom. The average molecular weight is 464 g/mol. The van der Waals surface area contributed by atoms with Crippen molar-refractivity contribution < 1.29 is 14.6 Å². The smallest absolute Gasteiger partial charge is 0.349 e. The molecule has 33 heavy (non-hydrogen) atoms. The first-order valence-corrected chi connectivity index (χ1v) is 12.4. The lowest BCUT2D eigenvalue weighted by Crippen LogP contribution is -2.44. The fourth-order valence-corrected chi connectivity index (χ4v) is 5.66. The first-order chi connectivity index (χ1) is 15.6. The summed E-state index contributed by atoms with van der Waals surface area (Å²) in [7, 11) is 0. The average Bonchev–Trinajstić information content (AvgIpc) is 3.22. The molecule has 4 rings (SSSR count). The van der Waals surface area contributed by atoms with E-state index in [4.69, 9.17) is 4.74 Å². The number of aryl methyl sites for hydroxylation is 1. The minimum Gasteiger partial charge on any atom is -0.511 e. The number of thioether (sulfide) groups is 1. The second kappa shape index (κ2) is 8.94. The lowest BCUT2D eigenvalue weighted by Gasteiger charge is -2.40. The van der Waals surface area contributed by atoms with Gasteiger partial charge in [-0.05, 0) is 53.5 Å². The van der Waals surface area contributed by atoms with Crippen LogP contribution in [0.15, 0.2) is 70.3 Å². The van der Waals surface area contributed by atoms with E-state index in [1.807, 2.05) is 30.5 Å². The second-order valence-corrected chi connectivity index (χ2v) is 11.4. The molecule has 0 unspecified atom stereocenters. The van der Waals surface area contributed by atoms with Crippen LogP contribution in [0.2, 0.25) is 0 Å². The molecular weight excluding hydrogens is 430 g/mol. The van der Waals surface area contributed by atoms with Crippen molar-refractivity contribution in [3.05, 3.63) is 76.5 Å². The molecular formula is C28H33NO3S. The summed E-state index contributed by atoms with van der Waals surface area (Å²) in [6.45, 7) is 10.6. The Labute approximate surface area is 200 Å². The van der Waals surface area contributed by atoms with E-state index >= 15 is 0 Å². The molecule has 2 heterocycles. The number of ether oxygens (including phenoxy) is 1. The van der Waals surface area contributed by atoms with E-state index in [-0.39, 0.29) is 17.1 Å².